The third kappa shape index (κ3) is 4.60. The topological polar surface area (TPSA) is 29.5 Å². The number of alkyl halides is 3. The zero-order valence-corrected chi connectivity index (χ0v) is 12.1. The second-order valence-corrected chi connectivity index (χ2v) is 4.61. The van der Waals surface area contributed by atoms with Crippen LogP contribution in [0.25, 0.3) is 0 Å². The Labute approximate surface area is 131 Å². The molecule has 2 aromatic carbocycles. The molecule has 0 N–H and O–H groups in total. The quantitative estimate of drug-likeness (QED) is 0.763. The molecule has 0 heterocycles. The van der Waals surface area contributed by atoms with Crippen molar-refractivity contribution < 1.29 is 22.7 Å². The molecule has 3 nitrogen and oxygen atoms in total. The van der Waals surface area contributed by atoms with Crippen LogP contribution in [0.2, 0.25) is 0 Å². The molecule has 120 valence electrons. The molecule has 0 fully saturated rings. The molecule has 0 saturated carbocycles. The van der Waals surface area contributed by atoms with Crippen molar-refractivity contribution in [2.24, 2.45) is 0 Å². The monoisotopic (exact) mass is 321 g/mol. The van der Waals surface area contributed by atoms with Crippen molar-refractivity contribution in [1.29, 1.82) is 0 Å². The highest BCUT2D eigenvalue weighted by Crippen LogP contribution is 2.24. The zero-order chi connectivity index (χ0) is 16.9. The van der Waals surface area contributed by atoms with Gasteiger partial charge in [0.15, 0.2) is 0 Å². The summed E-state index contributed by atoms with van der Waals surface area (Å²) in [6, 6.07) is 13.7. The fraction of sp³-hybridized carbons (Fsp3) is 0.118. The molecule has 0 unspecified atom stereocenters. The van der Waals surface area contributed by atoms with Gasteiger partial charge in [0, 0.05) is 17.8 Å². The largest absolute Gasteiger partial charge is 0.573 e. The van der Waals surface area contributed by atoms with Gasteiger partial charge in [0.25, 0.3) is 5.91 Å². The molecular weight excluding hydrogens is 307 g/mol. The number of nitrogens with zero attached hydrogens (tertiary/aromatic N) is 1. The molecule has 0 radical (unpaired) electrons. The average molecular weight is 321 g/mol. The maximum atomic E-state index is 12.5. The van der Waals surface area contributed by atoms with Crippen molar-refractivity contribution in [1.82, 2.24) is 0 Å². The smallest absolute Gasteiger partial charge is 0.406 e. The Morgan fingerprint density at radius 2 is 1.70 bits per heavy atom. The SMILES string of the molecule is C=CCN(C(=O)c1ccc(OC(F)(F)F)cc1)c1ccccc1. The average Bonchev–Trinajstić information content (AvgIpc) is 2.52. The number of halogens is 3. The number of amides is 1. The number of carbonyl (C=O) groups is 1. The second kappa shape index (κ2) is 7.00. The van der Waals surface area contributed by atoms with Gasteiger partial charge in [0.05, 0.1) is 0 Å². The number of ether oxygens (including phenoxy) is 1. The molecule has 0 atom stereocenters. The van der Waals surface area contributed by atoms with Crippen molar-refractivity contribution in [2.45, 2.75) is 6.36 Å². The molecule has 23 heavy (non-hydrogen) atoms. The van der Waals surface area contributed by atoms with E-state index >= 15 is 0 Å². The van der Waals surface area contributed by atoms with Gasteiger partial charge in [0.1, 0.15) is 5.75 Å². The molecule has 0 spiro atoms. The first kappa shape index (κ1) is 16.6. The van der Waals surface area contributed by atoms with Crippen LogP contribution in [0.4, 0.5) is 18.9 Å². The lowest BCUT2D eigenvalue weighted by atomic mass is 10.1. The van der Waals surface area contributed by atoms with Gasteiger partial charge < -0.3 is 9.64 Å². The lowest BCUT2D eigenvalue weighted by Gasteiger charge is -2.21. The minimum absolute atomic E-state index is 0.255. The lowest BCUT2D eigenvalue weighted by Crippen LogP contribution is -2.31. The zero-order valence-electron chi connectivity index (χ0n) is 12.1. The summed E-state index contributed by atoms with van der Waals surface area (Å²) in [7, 11) is 0. The highest BCUT2D eigenvalue weighted by molar-refractivity contribution is 6.06. The van der Waals surface area contributed by atoms with Crippen LogP contribution < -0.4 is 9.64 Å². The second-order valence-electron chi connectivity index (χ2n) is 4.61. The van der Waals surface area contributed by atoms with Crippen LogP contribution in [0.1, 0.15) is 10.4 Å². The molecule has 0 aliphatic heterocycles. The summed E-state index contributed by atoms with van der Waals surface area (Å²) in [5.41, 5.74) is 0.929. The first-order chi connectivity index (χ1) is 10.9. The summed E-state index contributed by atoms with van der Waals surface area (Å²) in [5, 5.41) is 0. The molecule has 0 aliphatic carbocycles. The number of carbonyl (C=O) groups excluding carboxylic acids is 1. The van der Waals surface area contributed by atoms with Crippen LogP contribution in [0, 0.1) is 0 Å². The Kier molecular flexibility index (Phi) is 5.05. The molecular formula is C17H14F3NO2. The van der Waals surface area contributed by atoms with E-state index in [0.717, 1.165) is 12.1 Å². The van der Waals surface area contributed by atoms with Gasteiger partial charge in [-0.25, -0.2) is 0 Å². The number of anilines is 1. The predicted molar refractivity (Wildman–Crippen MR) is 81.4 cm³/mol. The van der Waals surface area contributed by atoms with E-state index < -0.39 is 6.36 Å². The van der Waals surface area contributed by atoms with Gasteiger partial charge in [-0.1, -0.05) is 24.3 Å². The molecule has 2 aromatic rings. The Morgan fingerprint density at radius 1 is 1.09 bits per heavy atom. The van der Waals surface area contributed by atoms with Gasteiger partial charge in [-0.05, 0) is 36.4 Å². The van der Waals surface area contributed by atoms with Crippen LogP contribution in [0.5, 0.6) is 5.75 Å². The molecule has 0 aromatic heterocycles. The number of hydrogen-bond acceptors (Lipinski definition) is 2. The summed E-state index contributed by atoms with van der Waals surface area (Å²) in [4.78, 5) is 14.0. The lowest BCUT2D eigenvalue weighted by molar-refractivity contribution is -0.274. The van der Waals surface area contributed by atoms with Crippen molar-refractivity contribution in [3.8, 4) is 5.75 Å². The van der Waals surface area contributed by atoms with E-state index in [9.17, 15) is 18.0 Å². The van der Waals surface area contributed by atoms with E-state index in [1.54, 1.807) is 30.3 Å². The summed E-state index contributed by atoms with van der Waals surface area (Å²) in [5.74, 6) is -0.710. The van der Waals surface area contributed by atoms with Crippen LogP contribution in [0.3, 0.4) is 0 Å². The minimum Gasteiger partial charge on any atom is -0.406 e. The standard InChI is InChI=1S/C17H14F3NO2/c1-2-12-21(14-6-4-3-5-7-14)16(22)13-8-10-15(11-9-13)23-17(18,19)20/h2-11H,1,12H2. The van der Waals surface area contributed by atoms with Crippen molar-refractivity contribution >= 4 is 11.6 Å². The first-order valence-corrected chi connectivity index (χ1v) is 6.74. The predicted octanol–water partition coefficient (Wildman–Crippen LogP) is 4.42. The highest BCUT2D eigenvalue weighted by Gasteiger charge is 2.31. The van der Waals surface area contributed by atoms with Gasteiger partial charge in [0.2, 0.25) is 0 Å². The highest BCUT2D eigenvalue weighted by atomic mass is 19.4. The third-order valence-corrected chi connectivity index (χ3v) is 2.96. The Bertz CT molecular complexity index is 666. The van der Waals surface area contributed by atoms with Crippen molar-refractivity contribution in [2.75, 3.05) is 11.4 Å². The molecule has 6 heteroatoms. The van der Waals surface area contributed by atoms with Gasteiger partial charge in [-0.15, -0.1) is 19.8 Å². The van der Waals surface area contributed by atoms with Crippen LogP contribution in [-0.4, -0.2) is 18.8 Å². The summed E-state index contributed by atoms with van der Waals surface area (Å²) in [6.07, 6.45) is -3.18. The molecule has 0 aliphatic rings. The Balaban J connectivity index is 2.22. The Morgan fingerprint density at radius 3 is 2.22 bits per heavy atom. The normalized spacial score (nSPS) is 10.9. The number of para-hydroxylation sites is 1. The van der Waals surface area contributed by atoms with Crippen LogP contribution in [-0.2, 0) is 0 Å². The van der Waals surface area contributed by atoms with E-state index in [-0.39, 0.29) is 23.8 Å². The van der Waals surface area contributed by atoms with E-state index in [4.69, 9.17) is 0 Å². The van der Waals surface area contributed by atoms with Gasteiger partial charge >= 0.3 is 6.36 Å². The molecule has 1 amide bonds. The summed E-state index contributed by atoms with van der Waals surface area (Å²) >= 11 is 0. The van der Waals surface area contributed by atoms with Crippen LogP contribution in [0.15, 0.2) is 67.3 Å². The maximum Gasteiger partial charge on any atom is 0.573 e. The number of benzene rings is 2. The van der Waals surface area contributed by atoms with Gasteiger partial charge in [-0.3, -0.25) is 4.79 Å². The third-order valence-electron chi connectivity index (χ3n) is 2.96. The van der Waals surface area contributed by atoms with Crippen molar-refractivity contribution in [3.05, 3.63) is 72.8 Å². The minimum atomic E-state index is -4.76. The number of rotatable bonds is 5. The number of hydrogen-bond donors (Lipinski definition) is 0. The van der Waals surface area contributed by atoms with E-state index in [2.05, 4.69) is 11.3 Å². The Hall–Kier alpha value is -2.76. The van der Waals surface area contributed by atoms with E-state index in [1.165, 1.54) is 17.0 Å². The van der Waals surface area contributed by atoms with Gasteiger partial charge in [-0.2, -0.15) is 0 Å². The molecule has 0 bridgehead atoms. The van der Waals surface area contributed by atoms with Crippen LogP contribution >= 0.6 is 0 Å². The fourth-order valence-corrected chi connectivity index (χ4v) is 2.00. The molecule has 0 saturated heterocycles. The maximum absolute atomic E-state index is 12.5. The van der Waals surface area contributed by atoms with E-state index in [1.807, 2.05) is 6.07 Å². The molecule has 2 rings (SSSR count). The first-order valence-electron chi connectivity index (χ1n) is 6.74. The summed E-state index contributed by atoms with van der Waals surface area (Å²) < 4.78 is 40.2. The summed E-state index contributed by atoms with van der Waals surface area (Å²) in [6.45, 7) is 3.90. The fourth-order valence-electron chi connectivity index (χ4n) is 2.00. The van der Waals surface area contributed by atoms with Crippen molar-refractivity contribution in [3.63, 3.8) is 0 Å². The van der Waals surface area contributed by atoms with E-state index in [0.29, 0.717) is 5.69 Å².